The second kappa shape index (κ2) is 9.45. The van der Waals surface area contributed by atoms with Crippen molar-refractivity contribution in [2.45, 2.75) is 53.0 Å². The van der Waals surface area contributed by atoms with E-state index in [0.717, 1.165) is 30.3 Å². The molecule has 2 amide bonds. The summed E-state index contributed by atoms with van der Waals surface area (Å²) in [6.07, 6.45) is 3.72. The maximum atomic E-state index is 13.3. The van der Waals surface area contributed by atoms with Gasteiger partial charge >= 0.3 is 5.69 Å². The van der Waals surface area contributed by atoms with Gasteiger partial charge in [-0.1, -0.05) is 13.8 Å². The number of fused-ring (bicyclic) bond motifs is 1. The van der Waals surface area contributed by atoms with Crippen molar-refractivity contribution in [3.63, 3.8) is 0 Å². The van der Waals surface area contributed by atoms with Gasteiger partial charge in [0.05, 0.1) is 10.9 Å². The third-order valence-corrected chi connectivity index (χ3v) is 5.64. The molecule has 1 aliphatic heterocycles. The van der Waals surface area contributed by atoms with Crippen LogP contribution in [0, 0.1) is 12.8 Å². The zero-order chi connectivity index (χ0) is 22.7. The normalized spacial score (nSPS) is 14.3. The highest BCUT2D eigenvalue weighted by atomic mass is 16.2. The van der Waals surface area contributed by atoms with Crippen LogP contribution in [0.5, 0.6) is 0 Å². The molecule has 9 heteroatoms. The van der Waals surface area contributed by atoms with E-state index in [4.69, 9.17) is 0 Å². The summed E-state index contributed by atoms with van der Waals surface area (Å²) in [4.78, 5) is 57.8. The van der Waals surface area contributed by atoms with E-state index in [1.807, 2.05) is 13.8 Å². The molecule has 1 aliphatic rings. The predicted octanol–water partition coefficient (Wildman–Crippen LogP) is 1.19. The molecule has 0 radical (unpaired) electrons. The number of carbonyl (C=O) groups excluding carboxylic acids is 2. The fourth-order valence-corrected chi connectivity index (χ4v) is 3.88. The van der Waals surface area contributed by atoms with Crippen LogP contribution in [0.25, 0.3) is 11.0 Å². The number of rotatable bonds is 6. The molecule has 3 rings (SSSR count). The van der Waals surface area contributed by atoms with Gasteiger partial charge in [0.25, 0.3) is 11.5 Å². The third kappa shape index (κ3) is 4.86. The first-order valence-electron chi connectivity index (χ1n) is 10.9. The summed E-state index contributed by atoms with van der Waals surface area (Å²) in [6, 6.07) is 1.60. The highest BCUT2D eigenvalue weighted by Crippen LogP contribution is 2.19. The Labute approximate surface area is 181 Å². The molecule has 168 valence electrons. The minimum atomic E-state index is -0.662. The number of amides is 2. The van der Waals surface area contributed by atoms with Gasteiger partial charge in [-0.15, -0.1) is 0 Å². The summed E-state index contributed by atoms with van der Waals surface area (Å²) in [5.41, 5.74) is -0.354. The number of nitrogens with one attached hydrogen (secondary N) is 1. The third-order valence-electron chi connectivity index (χ3n) is 5.64. The molecule has 2 aromatic heterocycles. The molecule has 0 spiro atoms. The van der Waals surface area contributed by atoms with Crippen molar-refractivity contribution in [1.29, 1.82) is 0 Å². The summed E-state index contributed by atoms with van der Waals surface area (Å²) >= 11 is 0. The number of aromatic nitrogens is 3. The number of hydrogen-bond acceptors (Lipinski definition) is 5. The molecule has 0 saturated carbocycles. The summed E-state index contributed by atoms with van der Waals surface area (Å²) in [5.74, 6) is -0.226. The molecule has 0 atom stereocenters. The van der Waals surface area contributed by atoms with Crippen LogP contribution in [0.15, 0.2) is 15.7 Å². The fraction of sp³-hybridized carbons (Fsp3) is 0.591. The highest BCUT2D eigenvalue weighted by molar-refractivity contribution is 6.05. The summed E-state index contributed by atoms with van der Waals surface area (Å²) in [6.45, 7) is 7.17. The minimum absolute atomic E-state index is 0.0817. The molecule has 2 aromatic rings. The second-order valence-electron chi connectivity index (χ2n) is 8.63. The van der Waals surface area contributed by atoms with E-state index in [9.17, 15) is 19.2 Å². The Bertz CT molecular complexity index is 1110. The topological polar surface area (TPSA) is 106 Å². The number of carbonyl (C=O) groups is 2. The molecule has 31 heavy (non-hydrogen) atoms. The number of likely N-dealkylation sites (tertiary alicyclic amines) is 1. The van der Waals surface area contributed by atoms with Gasteiger partial charge in [-0.05, 0) is 44.6 Å². The van der Waals surface area contributed by atoms with Gasteiger partial charge in [-0.25, -0.2) is 9.78 Å². The molecule has 1 N–H and O–H groups in total. The van der Waals surface area contributed by atoms with Crippen molar-refractivity contribution in [2.24, 2.45) is 13.0 Å². The summed E-state index contributed by atoms with van der Waals surface area (Å²) in [7, 11) is 1.50. The number of piperidine rings is 1. The van der Waals surface area contributed by atoms with E-state index in [2.05, 4.69) is 10.3 Å². The molecule has 9 nitrogen and oxygen atoms in total. The summed E-state index contributed by atoms with van der Waals surface area (Å²) in [5, 5.41) is 2.83. The maximum Gasteiger partial charge on any atom is 0.332 e. The highest BCUT2D eigenvalue weighted by Gasteiger charge is 2.25. The number of pyridine rings is 1. The van der Waals surface area contributed by atoms with Crippen LogP contribution in [0.2, 0.25) is 0 Å². The maximum absolute atomic E-state index is 13.3. The Hall–Kier alpha value is -2.97. The van der Waals surface area contributed by atoms with Gasteiger partial charge in [-0.3, -0.25) is 23.5 Å². The Morgan fingerprint density at radius 3 is 2.48 bits per heavy atom. The molecule has 0 bridgehead atoms. The largest absolute Gasteiger partial charge is 0.355 e. The molecule has 0 unspecified atom stereocenters. The van der Waals surface area contributed by atoms with Crippen molar-refractivity contribution in [3.8, 4) is 0 Å². The average Bonchev–Trinajstić information content (AvgIpc) is 2.74. The van der Waals surface area contributed by atoms with E-state index in [1.165, 1.54) is 11.6 Å². The van der Waals surface area contributed by atoms with Gasteiger partial charge in [0.2, 0.25) is 5.91 Å². The Morgan fingerprint density at radius 1 is 1.16 bits per heavy atom. The van der Waals surface area contributed by atoms with Gasteiger partial charge in [0.15, 0.2) is 0 Å². The van der Waals surface area contributed by atoms with Crippen LogP contribution in [-0.2, 0) is 18.4 Å². The van der Waals surface area contributed by atoms with Crippen LogP contribution in [0.1, 0.15) is 55.6 Å². The van der Waals surface area contributed by atoms with Gasteiger partial charge < -0.3 is 10.2 Å². The molecule has 1 fully saturated rings. The van der Waals surface area contributed by atoms with Crippen LogP contribution < -0.4 is 16.6 Å². The van der Waals surface area contributed by atoms with Crippen LogP contribution >= 0.6 is 0 Å². The Balaban J connectivity index is 2.06. The molecule has 0 aliphatic carbocycles. The lowest BCUT2D eigenvalue weighted by Crippen LogP contribution is -2.44. The van der Waals surface area contributed by atoms with Crippen molar-refractivity contribution < 1.29 is 9.59 Å². The Morgan fingerprint density at radius 2 is 1.84 bits per heavy atom. The smallest absolute Gasteiger partial charge is 0.332 e. The van der Waals surface area contributed by atoms with Gasteiger partial charge in [-0.2, -0.15) is 0 Å². The first-order valence-corrected chi connectivity index (χ1v) is 10.9. The first kappa shape index (κ1) is 22.7. The molecule has 1 saturated heterocycles. The lowest BCUT2D eigenvalue weighted by molar-refractivity contribution is -0.121. The average molecular weight is 430 g/mol. The van der Waals surface area contributed by atoms with Crippen LogP contribution in [0.4, 0.5) is 0 Å². The van der Waals surface area contributed by atoms with Gasteiger partial charge in [0, 0.05) is 32.4 Å². The quantitative estimate of drug-likeness (QED) is 0.742. The SMILES string of the molecule is Cc1cc(C(=O)N2CCCCC2)c2c(=O)n(CC(=O)NCCC(C)C)c(=O)n(C)c2n1. The zero-order valence-corrected chi connectivity index (χ0v) is 18.7. The lowest BCUT2D eigenvalue weighted by atomic mass is 10.1. The number of nitrogens with zero attached hydrogens (tertiary/aromatic N) is 4. The Kier molecular flexibility index (Phi) is 6.92. The first-order chi connectivity index (χ1) is 14.7. The van der Waals surface area contributed by atoms with Crippen molar-refractivity contribution in [1.82, 2.24) is 24.3 Å². The van der Waals surface area contributed by atoms with E-state index < -0.39 is 23.7 Å². The van der Waals surface area contributed by atoms with Crippen LogP contribution in [0.3, 0.4) is 0 Å². The predicted molar refractivity (Wildman–Crippen MR) is 118 cm³/mol. The van der Waals surface area contributed by atoms with Crippen molar-refractivity contribution in [3.05, 3.63) is 38.2 Å². The lowest BCUT2D eigenvalue weighted by Gasteiger charge is -2.27. The monoisotopic (exact) mass is 429 g/mol. The van der Waals surface area contributed by atoms with Crippen molar-refractivity contribution in [2.75, 3.05) is 19.6 Å². The fourth-order valence-electron chi connectivity index (χ4n) is 3.88. The number of hydrogen-bond donors (Lipinski definition) is 1. The molecule has 3 heterocycles. The van der Waals surface area contributed by atoms with Crippen molar-refractivity contribution >= 4 is 22.8 Å². The van der Waals surface area contributed by atoms with E-state index >= 15 is 0 Å². The molecule has 0 aromatic carbocycles. The van der Waals surface area contributed by atoms with E-state index in [-0.39, 0.29) is 22.5 Å². The number of aryl methyl sites for hydroxylation is 2. The van der Waals surface area contributed by atoms with E-state index in [0.29, 0.717) is 31.2 Å². The summed E-state index contributed by atoms with van der Waals surface area (Å²) < 4.78 is 2.12. The standard InChI is InChI=1S/C22H31N5O4/c1-14(2)8-9-23-17(28)13-27-21(30)18-16(20(29)26-10-6-5-7-11-26)12-15(3)24-19(18)25(4)22(27)31/h12,14H,5-11,13H2,1-4H3,(H,23,28). The molecular formula is C22H31N5O4. The molecular weight excluding hydrogens is 398 g/mol. The second-order valence-corrected chi connectivity index (χ2v) is 8.63. The zero-order valence-electron chi connectivity index (χ0n) is 18.7. The minimum Gasteiger partial charge on any atom is -0.355 e. The van der Waals surface area contributed by atoms with Crippen LogP contribution in [-0.4, -0.2) is 50.5 Å². The van der Waals surface area contributed by atoms with Gasteiger partial charge in [0.1, 0.15) is 12.2 Å². The van der Waals surface area contributed by atoms with E-state index in [1.54, 1.807) is 17.9 Å².